The van der Waals surface area contributed by atoms with E-state index in [0.29, 0.717) is 4.88 Å². The number of amides is 2. The zero-order valence-corrected chi connectivity index (χ0v) is 10.5. The summed E-state index contributed by atoms with van der Waals surface area (Å²) < 4.78 is 0. The highest BCUT2D eigenvalue weighted by molar-refractivity contribution is 7.12. The first kappa shape index (κ1) is 11.9. The fourth-order valence-electron chi connectivity index (χ4n) is 1.90. The number of nitrogens with zero attached hydrogens (tertiary/aromatic N) is 2. The van der Waals surface area contributed by atoms with E-state index in [1.165, 1.54) is 11.3 Å². The number of hydrogen-bond donors (Lipinski definition) is 1. The van der Waals surface area contributed by atoms with Crippen LogP contribution in [0.2, 0.25) is 0 Å². The number of thiophene rings is 1. The SMILES string of the molecule is CC(=O)N1CCN(c2csc(C(N)=O)c2)CC1. The molecule has 0 aromatic carbocycles. The summed E-state index contributed by atoms with van der Waals surface area (Å²) in [5, 5.41) is 1.93. The maximum atomic E-state index is 11.2. The maximum Gasteiger partial charge on any atom is 0.258 e. The lowest BCUT2D eigenvalue weighted by Gasteiger charge is -2.35. The topological polar surface area (TPSA) is 66.6 Å². The molecule has 1 aromatic rings. The average Bonchev–Trinajstić information content (AvgIpc) is 2.78. The van der Waals surface area contributed by atoms with Crippen LogP contribution < -0.4 is 10.6 Å². The van der Waals surface area contributed by atoms with Gasteiger partial charge in [0.15, 0.2) is 0 Å². The Morgan fingerprint density at radius 1 is 1.29 bits per heavy atom. The second kappa shape index (κ2) is 4.75. The maximum absolute atomic E-state index is 11.2. The van der Waals surface area contributed by atoms with E-state index in [-0.39, 0.29) is 11.8 Å². The first-order chi connectivity index (χ1) is 8.08. The molecule has 0 spiro atoms. The molecular weight excluding hydrogens is 238 g/mol. The molecule has 1 aromatic heterocycles. The Labute approximate surface area is 104 Å². The molecule has 92 valence electrons. The third kappa shape index (κ3) is 2.58. The van der Waals surface area contributed by atoms with Crippen molar-refractivity contribution in [1.82, 2.24) is 4.90 Å². The van der Waals surface area contributed by atoms with Gasteiger partial charge in [-0.1, -0.05) is 0 Å². The summed E-state index contributed by atoms with van der Waals surface area (Å²) in [6.07, 6.45) is 0. The van der Waals surface area contributed by atoms with Crippen LogP contribution in [0.25, 0.3) is 0 Å². The van der Waals surface area contributed by atoms with Crippen LogP contribution >= 0.6 is 11.3 Å². The van der Waals surface area contributed by atoms with E-state index in [0.717, 1.165) is 31.9 Å². The Morgan fingerprint density at radius 3 is 2.41 bits per heavy atom. The zero-order chi connectivity index (χ0) is 12.4. The first-order valence-corrected chi connectivity index (χ1v) is 6.34. The summed E-state index contributed by atoms with van der Waals surface area (Å²) in [6.45, 7) is 4.66. The van der Waals surface area contributed by atoms with Gasteiger partial charge >= 0.3 is 0 Å². The predicted octanol–water partition coefficient (Wildman–Crippen LogP) is 0.516. The summed E-state index contributed by atoms with van der Waals surface area (Å²) in [5.74, 6) is -0.267. The molecule has 17 heavy (non-hydrogen) atoms. The van der Waals surface area contributed by atoms with Crippen molar-refractivity contribution in [3.63, 3.8) is 0 Å². The zero-order valence-electron chi connectivity index (χ0n) is 9.68. The van der Waals surface area contributed by atoms with E-state index in [1.807, 2.05) is 16.3 Å². The Hall–Kier alpha value is -1.56. The van der Waals surface area contributed by atoms with E-state index < -0.39 is 0 Å². The van der Waals surface area contributed by atoms with Gasteiger partial charge in [0.05, 0.1) is 4.88 Å². The Bertz CT molecular complexity index is 436. The second-order valence-corrected chi connectivity index (χ2v) is 4.94. The van der Waals surface area contributed by atoms with E-state index in [2.05, 4.69) is 4.90 Å². The molecule has 1 aliphatic rings. The van der Waals surface area contributed by atoms with Crippen molar-refractivity contribution in [3.05, 3.63) is 16.3 Å². The van der Waals surface area contributed by atoms with Crippen LogP contribution in [0.1, 0.15) is 16.6 Å². The van der Waals surface area contributed by atoms with Gasteiger partial charge < -0.3 is 15.5 Å². The minimum atomic E-state index is -0.386. The lowest BCUT2D eigenvalue weighted by molar-refractivity contribution is -0.129. The molecule has 1 aliphatic heterocycles. The number of carbonyl (C=O) groups excluding carboxylic acids is 2. The Kier molecular flexibility index (Phi) is 3.33. The molecule has 0 saturated carbocycles. The fraction of sp³-hybridized carbons (Fsp3) is 0.455. The van der Waals surface area contributed by atoms with Gasteiger partial charge in [-0.15, -0.1) is 11.3 Å². The average molecular weight is 253 g/mol. The summed E-state index contributed by atoms with van der Waals surface area (Å²) in [6, 6.07) is 1.82. The van der Waals surface area contributed by atoms with Crippen LogP contribution in [-0.2, 0) is 4.79 Å². The third-order valence-corrected chi connectivity index (χ3v) is 3.85. The molecule has 0 unspecified atom stereocenters. The molecule has 0 radical (unpaired) electrons. The van der Waals surface area contributed by atoms with Crippen LogP contribution in [0, 0.1) is 0 Å². The number of nitrogens with two attached hydrogens (primary N) is 1. The monoisotopic (exact) mass is 253 g/mol. The van der Waals surface area contributed by atoms with E-state index in [9.17, 15) is 9.59 Å². The number of piperazine rings is 1. The number of rotatable bonds is 2. The number of hydrogen-bond acceptors (Lipinski definition) is 4. The number of carbonyl (C=O) groups is 2. The van der Waals surface area contributed by atoms with Crippen LogP contribution in [0.3, 0.4) is 0 Å². The van der Waals surface area contributed by atoms with Crippen molar-refractivity contribution in [1.29, 1.82) is 0 Å². The van der Waals surface area contributed by atoms with Crippen LogP contribution in [-0.4, -0.2) is 42.9 Å². The number of primary amides is 1. The largest absolute Gasteiger partial charge is 0.367 e. The standard InChI is InChI=1S/C11H15N3O2S/c1-8(15)13-2-4-14(5-3-13)9-6-10(11(12)16)17-7-9/h6-7H,2-5H2,1H3,(H2,12,16). The van der Waals surface area contributed by atoms with E-state index >= 15 is 0 Å². The van der Waals surface area contributed by atoms with Crippen molar-refractivity contribution < 1.29 is 9.59 Å². The van der Waals surface area contributed by atoms with E-state index in [4.69, 9.17) is 5.73 Å². The van der Waals surface area contributed by atoms with Gasteiger partial charge in [0, 0.05) is 44.2 Å². The van der Waals surface area contributed by atoms with Crippen molar-refractivity contribution in [2.24, 2.45) is 5.73 Å². The quantitative estimate of drug-likeness (QED) is 0.835. The van der Waals surface area contributed by atoms with Crippen LogP contribution in [0.15, 0.2) is 11.4 Å². The predicted molar refractivity (Wildman–Crippen MR) is 67.3 cm³/mol. The molecule has 6 heteroatoms. The molecule has 0 aliphatic carbocycles. The smallest absolute Gasteiger partial charge is 0.258 e. The molecule has 1 fully saturated rings. The van der Waals surface area contributed by atoms with Gasteiger partial charge in [-0.05, 0) is 6.07 Å². The molecule has 2 rings (SSSR count). The van der Waals surface area contributed by atoms with Crippen LogP contribution in [0.4, 0.5) is 5.69 Å². The summed E-state index contributed by atoms with van der Waals surface area (Å²) in [7, 11) is 0. The molecular formula is C11H15N3O2S. The highest BCUT2D eigenvalue weighted by Gasteiger charge is 2.19. The number of anilines is 1. The fourth-order valence-corrected chi connectivity index (χ4v) is 2.67. The summed E-state index contributed by atoms with van der Waals surface area (Å²) in [5.41, 5.74) is 6.24. The van der Waals surface area contributed by atoms with Gasteiger partial charge in [0.1, 0.15) is 0 Å². The van der Waals surface area contributed by atoms with Gasteiger partial charge in [-0.25, -0.2) is 0 Å². The van der Waals surface area contributed by atoms with Crippen molar-refractivity contribution >= 4 is 28.8 Å². The second-order valence-electron chi connectivity index (χ2n) is 4.03. The molecule has 2 heterocycles. The lowest BCUT2D eigenvalue weighted by Crippen LogP contribution is -2.48. The molecule has 2 N–H and O–H groups in total. The van der Waals surface area contributed by atoms with Crippen LogP contribution in [0.5, 0.6) is 0 Å². The summed E-state index contributed by atoms with van der Waals surface area (Å²) >= 11 is 1.36. The van der Waals surface area contributed by atoms with E-state index in [1.54, 1.807) is 6.92 Å². The first-order valence-electron chi connectivity index (χ1n) is 5.46. The molecule has 0 atom stereocenters. The van der Waals surface area contributed by atoms with Gasteiger partial charge in [-0.2, -0.15) is 0 Å². The minimum Gasteiger partial charge on any atom is -0.367 e. The van der Waals surface area contributed by atoms with Gasteiger partial charge in [0.2, 0.25) is 5.91 Å². The minimum absolute atomic E-state index is 0.118. The Balaban J connectivity index is 2.00. The molecule has 1 saturated heterocycles. The van der Waals surface area contributed by atoms with Gasteiger partial charge in [0.25, 0.3) is 5.91 Å². The van der Waals surface area contributed by atoms with Gasteiger partial charge in [-0.3, -0.25) is 9.59 Å². The molecule has 2 amide bonds. The summed E-state index contributed by atoms with van der Waals surface area (Å²) in [4.78, 5) is 26.8. The third-order valence-electron chi connectivity index (χ3n) is 2.92. The highest BCUT2D eigenvalue weighted by atomic mass is 32.1. The molecule has 5 nitrogen and oxygen atoms in total. The van der Waals surface area contributed by atoms with Crippen molar-refractivity contribution in [2.45, 2.75) is 6.92 Å². The highest BCUT2D eigenvalue weighted by Crippen LogP contribution is 2.23. The van der Waals surface area contributed by atoms with Crippen molar-refractivity contribution in [2.75, 3.05) is 31.1 Å². The normalized spacial score (nSPS) is 16.1. The Morgan fingerprint density at radius 2 is 1.94 bits per heavy atom. The molecule has 0 bridgehead atoms. The van der Waals surface area contributed by atoms with Crippen molar-refractivity contribution in [3.8, 4) is 0 Å². The lowest BCUT2D eigenvalue weighted by atomic mass is 10.3.